The lowest BCUT2D eigenvalue weighted by Crippen LogP contribution is -1.98. The molecule has 0 aliphatic carbocycles. The molecule has 0 aliphatic heterocycles. The van der Waals surface area contributed by atoms with Gasteiger partial charge in [0.25, 0.3) is 5.69 Å². The second-order valence-electron chi connectivity index (χ2n) is 2.74. The van der Waals surface area contributed by atoms with Crippen LogP contribution in [0.5, 0.6) is 5.75 Å². The Morgan fingerprint density at radius 2 is 2.27 bits per heavy atom. The SMILES string of the molecule is COc1cc([N+](=O)[O-])c(CC=O)cc1Br. The maximum absolute atomic E-state index is 10.7. The molecule has 5 nitrogen and oxygen atoms in total. The third-order valence-electron chi connectivity index (χ3n) is 1.85. The molecule has 0 spiro atoms. The van der Waals surface area contributed by atoms with Gasteiger partial charge in [0, 0.05) is 12.0 Å². The van der Waals surface area contributed by atoms with Gasteiger partial charge in [-0.25, -0.2) is 0 Å². The minimum atomic E-state index is -0.534. The first-order chi connectivity index (χ1) is 7.10. The van der Waals surface area contributed by atoms with Gasteiger partial charge < -0.3 is 9.53 Å². The molecule has 0 bridgehead atoms. The molecule has 0 aromatic heterocycles. The van der Waals surface area contributed by atoms with Gasteiger partial charge in [-0.1, -0.05) is 0 Å². The fourth-order valence-corrected chi connectivity index (χ4v) is 1.72. The van der Waals surface area contributed by atoms with E-state index in [1.165, 1.54) is 19.2 Å². The van der Waals surface area contributed by atoms with Crippen LogP contribution in [0.2, 0.25) is 0 Å². The van der Waals surface area contributed by atoms with Crippen LogP contribution in [-0.4, -0.2) is 18.3 Å². The van der Waals surface area contributed by atoms with Crippen molar-refractivity contribution in [3.63, 3.8) is 0 Å². The average Bonchev–Trinajstić information content (AvgIpc) is 2.18. The second-order valence-corrected chi connectivity index (χ2v) is 3.60. The van der Waals surface area contributed by atoms with Crippen LogP contribution in [0.1, 0.15) is 5.56 Å². The van der Waals surface area contributed by atoms with Crippen molar-refractivity contribution in [2.75, 3.05) is 7.11 Å². The maximum atomic E-state index is 10.7. The highest BCUT2D eigenvalue weighted by atomic mass is 79.9. The second kappa shape index (κ2) is 4.88. The van der Waals surface area contributed by atoms with Crippen LogP contribution in [0.4, 0.5) is 5.69 Å². The summed E-state index contributed by atoms with van der Waals surface area (Å²) in [5.74, 6) is 0.372. The molecular formula is C9H8BrNO4. The predicted molar refractivity (Wildman–Crippen MR) is 57.1 cm³/mol. The van der Waals surface area contributed by atoms with Gasteiger partial charge in [-0.15, -0.1) is 0 Å². The van der Waals surface area contributed by atoms with E-state index in [1.54, 1.807) is 0 Å². The van der Waals surface area contributed by atoms with Crippen molar-refractivity contribution in [1.82, 2.24) is 0 Å². The zero-order chi connectivity index (χ0) is 11.4. The Morgan fingerprint density at radius 3 is 2.73 bits per heavy atom. The highest BCUT2D eigenvalue weighted by Crippen LogP contribution is 2.32. The molecule has 1 aromatic rings. The van der Waals surface area contributed by atoms with Gasteiger partial charge in [0.15, 0.2) is 0 Å². The Kier molecular flexibility index (Phi) is 3.79. The van der Waals surface area contributed by atoms with Crippen molar-refractivity contribution < 1.29 is 14.5 Å². The predicted octanol–water partition coefficient (Wildman–Crippen LogP) is 2.11. The first-order valence-electron chi connectivity index (χ1n) is 4.04. The standard InChI is InChI=1S/C9H8BrNO4/c1-15-9-5-8(11(13)14)6(2-3-12)4-7(9)10/h3-5H,2H2,1H3. The first kappa shape index (κ1) is 11.6. The summed E-state index contributed by atoms with van der Waals surface area (Å²) in [6.07, 6.45) is 0.639. The number of ether oxygens (including phenoxy) is 1. The molecule has 1 rings (SSSR count). The lowest BCUT2D eigenvalue weighted by molar-refractivity contribution is -0.385. The highest BCUT2D eigenvalue weighted by molar-refractivity contribution is 9.10. The molecule has 6 heteroatoms. The number of hydrogen-bond donors (Lipinski definition) is 0. The van der Waals surface area contributed by atoms with Gasteiger partial charge in [-0.05, 0) is 22.0 Å². The molecule has 0 saturated heterocycles. The van der Waals surface area contributed by atoms with E-state index in [-0.39, 0.29) is 12.1 Å². The average molecular weight is 274 g/mol. The van der Waals surface area contributed by atoms with Gasteiger partial charge in [-0.2, -0.15) is 0 Å². The number of carbonyl (C=O) groups is 1. The summed E-state index contributed by atoms with van der Waals surface area (Å²) in [7, 11) is 1.42. The number of nitrogens with zero attached hydrogens (tertiary/aromatic N) is 1. The fourth-order valence-electron chi connectivity index (χ4n) is 1.16. The van der Waals surface area contributed by atoms with Crippen molar-refractivity contribution in [2.24, 2.45) is 0 Å². The molecular weight excluding hydrogens is 266 g/mol. The van der Waals surface area contributed by atoms with E-state index in [2.05, 4.69) is 15.9 Å². The van der Waals surface area contributed by atoms with E-state index in [0.717, 1.165) is 0 Å². The van der Waals surface area contributed by atoms with Gasteiger partial charge >= 0.3 is 0 Å². The Labute approximate surface area is 94.3 Å². The molecule has 0 saturated carbocycles. The summed E-state index contributed by atoms with van der Waals surface area (Å²) in [5.41, 5.74) is 0.254. The van der Waals surface area contributed by atoms with E-state index in [1.807, 2.05) is 0 Å². The minimum Gasteiger partial charge on any atom is -0.495 e. The molecule has 0 heterocycles. The first-order valence-corrected chi connectivity index (χ1v) is 4.84. The highest BCUT2D eigenvalue weighted by Gasteiger charge is 2.17. The van der Waals surface area contributed by atoms with Crippen molar-refractivity contribution in [3.8, 4) is 5.75 Å². The summed E-state index contributed by atoms with van der Waals surface area (Å²) >= 11 is 3.20. The molecule has 15 heavy (non-hydrogen) atoms. The topological polar surface area (TPSA) is 69.4 Å². The van der Waals surface area contributed by atoms with Crippen LogP contribution in [0.25, 0.3) is 0 Å². The monoisotopic (exact) mass is 273 g/mol. The quantitative estimate of drug-likeness (QED) is 0.479. The molecule has 0 fully saturated rings. The van der Waals surface area contributed by atoms with Crippen LogP contribution in [0.15, 0.2) is 16.6 Å². The van der Waals surface area contributed by atoms with Crippen LogP contribution >= 0.6 is 15.9 Å². The Balaban J connectivity index is 3.31. The molecule has 1 aromatic carbocycles. The van der Waals surface area contributed by atoms with E-state index >= 15 is 0 Å². The number of hydrogen-bond acceptors (Lipinski definition) is 4. The number of halogens is 1. The Bertz CT molecular complexity index is 405. The summed E-state index contributed by atoms with van der Waals surface area (Å²) in [6, 6.07) is 2.81. The van der Waals surface area contributed by atoms with Crippen LogP contribution < -0.4 is 4.74 Å². The van der Waals surface area contributed by atoms with E-state index in [4.69, 9.17) is 4.74 Å². The Morgan fingerprint density at radius 1 is 1.60 bits per heavy atom. The number of benzene rings is 1. The molecule has 80 valence electrons. The van der Waals surface area contributed by atoms with Crippen LogP contribution in [-0.2, 0) is 11.2 Å². The summed E-state index contributed by atoms with van der Waals surface area (Å²) in [4.78, 5) is 20.5. The van der Waals surface area contributed by atoms with Crippen LogP contribution in [0, 0.1) is 10.1 Å². The lowest BCUT2D eigenvalue weighted by atomic mass is 10.1. The molecule has 0 amide bonds. The van der Waals surface area contributed by atoms with Gasteiger partial charge in [0.2, 0.25) is 0 Å². The summed E-state index contributed by atoms with van der Waals surface area (Å²) in [6.45, 7) is 0. The Hall–Kier alpha value is -1.43. The lowest BCUT2D eigenvalue weighted by Gasteiger charge is -2.05. The number of aldehydes is 1. The number of nitro benzene ring substituents is 1. The summed E-state index contributed by atoms with van der Waals surface area (Å²) < 4.78 is 5.52. The maximum Gasteiger partial charge on any atom is 0.276 e. The number of carbonyl (C=O) groups excluding carboxylic acids is 1. The number of methoxy groups -OCH3 is 1. The van der Waals surface area contributed by atoms with E-state index in [0.29, 0.717) is 22.1 Å². The van der Waals surface area contributed by atoms with E-state index in [9.17, 15) is 14.9 Å². The van der Waals surface area contributed by atoms with Crippen molar-refractivity contribution in [2.45, 2.75) is 6.42 Å². The smallest absolute Gasteiger partial charge is 0.276 e. The normalized spacial score (nSPS) is 9.73. The zero-order valence-electron chi connectivity index (χ0n) is 7.90. The van der Waals surface area contributed by atoms with Crippen molar-refractivity contribution >= 4 is 27.9 Å². The van der Waals surface area contributed by atoms with Gasteiger partial charge in [0.1, 0.15) is 12.0 Å². The minimum absolute atomic E-state index is 0.0128. The molecule has 0 atom stereocenters. The molecule has 0 unspecified atom stereocenters. The van der Waals surface area contributed by atoms with Gasteiger partial charge in [0.05, 0.1) is 22.6 Å². The molecule has 0 radical (unpaired) electrons. The van der Waals surface area contributed by atoms with Crippen LogP contribution in [0.3, 0.4) is 0 Å². The molecule has 0 aliphatic rings. The largest absolute Gasteiger partial charge is 0.495 e. The summed E-state index contributed by atoms with van der Waals surface area (Å²) in [5, 5.41) is 10.7. The number of nitro groups is 1. The van der Waals surface area contributed by atoms with Gasteiger partial charge in [-0.3, -0.25) is 10.1 Å². The fraction of sp³-hybridized carbons (Fsp3) is 0.222. The zero-order valence-corrected chi connectivity index (χ0v) is 9.48. The van der Waals surface area contributed by atoms with Crippen molar-refractivity contribution in [1.29, 1.82) is 0 Å². The number of rotatable bonds is 4. The third-order valence-corrected chi connectivity index (χ3v) is 2.47. The molecule has 0 N–H and O–H groups in total. The van der Waals surface area contributed by atoms with Crippen molar-refractivity contribution in [3.05, 3.63) is 32.3 Å². The van der Waals surface area contributed by atoms with E-state index < -0.39 is 4.92 Å². The third kappa shape index (κ3) is 2.53.